The lowest BCUT2D eigenvalue weighted by molar-refractivity contribution is 0.0597. The number of rotatable bonds is 4. The molecule has 0 fully saturated rings. The molecule has 6 heteroatoms. The molecule has 0 aliphatic heterocycles. The van der Waals surface area contributed by atoms with E-state index in [1.165, 1.54) is 17.9 Å². The van der Waals surface area contributed by atoms with E-state index in [0.29, 0.717) is 5.69 Å². The van der Waals surface area contributed by atoms with Crippen LogP contribution in [0.1, 0.15) is 30.2 Å². The second-order valence-corrected chi connectivity index (χ2v) is 5.89. The Hall–Kier alpha value is -2.08. The minimum absolute atomic E-state index is 0.00450. The SMILES string of the molecule is COC(=O)c1cc(-c2ccc(SC)cc2)nn(C(C)C)c1=O. The molecular weight excluding hydrogens is 300 g/mol. The molecule has 0 unspecified atom stereocenters. The summed E-state index contributed by atoms with van der Waals surface area (Å²) in [6.07, 6.45) is 2.00. The zero-order valence-corrected chi connectivity index (χ0v) is 13.8. The summed E-state index contributed by atoms with van der Waals surface area (Å²) < 4.78 is 6.01. The predicted octanol–water partition coefficient (Wildman–Crippen LogP) is 3.00. The lowest BCUT2D eigenvalue weighted by atomic mass is 10.1. The molecule has 22 heavy (non-hydrogen) atoms. The molecule has 0 aliphatic rings. The average Bonchev–Trinajstić information content (AvgIpc) is 2.54. The van der Waals surface area contributed by atoms with Crippen LogP contribution < -0.4 is 5.56 Å². The lowest BCUT2D eigenvalue weighted by Gasteiger charge is -2.12. The van der Waals surface area contributed by atoms with Crippen LogP contribution in [-0.2, 0) is 4.74 Å². The number of aromatic nitrogens is 2. The van der Waals surface area contributed by atoms with Crippen LogP contribution >= 0.6 is 11.8 Å². The van der Waals surface area contributed by atoms with Crippen molar-refractivity contribution < 1.29 is 9.53 Å². The fourth-order valence-corrected chi connectivity index (χ4v) is 2.43. The number of methoxy groups -OCH3 is 1. The predicted molar refractivity (Wildman–Crippen MR) is 87.4 cm³/mol. The summed E-state index contributed by atoms with van der Waals surface area (Å²) in [5.74, 6) is -0.649. The van der Waals surface area contributed by atoms with E-state index in [1.54, 1.807) is 11.8 Å². The molecule has 116 valence electrons. The van der Waals surface area contributed by atoms with Crippen molar-refractivity contribution in [3.63, 3.8) is 0 Å². The van der Waals surface area contributed by atoms with Gasteiger partial charge in [-0.15, -0.1) is 11.8 Å². The van der Waals surface area contributed by atoms with Crippen molar-refractivity contribution in [3.8, 4) is 11.3 Å². The number of esters is 1. The summed E-state index contributed by atoms with van der Waals surface area (Å²) in [5.41, 5.74) is 0.972. The molecule has 0 N–H and O–H groups in total. The first-order valence-corrected chi connectivity index (χ1v) is 8.07. The van der Waals surface area contributed by atoms with Gasteiger partial charge in [-0.3, -0.25) is 4.79 Å². The van der Waals surface area contributed by atoms with Crippen molar-refractivity contribution in [3.05, 3.63) is 46.2 Å². The monoisotopic (exact) mass is 318 g/mol. The van der Waals surface area contributed by atoms with Gasteiger partial charge in [-0.25, -0.2) is 9.48 Å². The standard InChI is InChI=1S/C16H18N2O3S/c1-10(2)18-15(19)13(16(20)21-3)9-14(17-18)11-5-7-12(22-4)8-6-11/h5-10H,1-4H3. The van der Waals surface area contributed by atoms with Gasteiger partial charge in [-0.2, -0.15) is 5.10 Å². The highest BCUT2D eigenvalue weighted by Gasteiger charge is 2.18. The van der Waals surface area contributed by atoms with Crippen LogP contribution in [0.3, 0.4) is 0 Å². The number of benzene rings is 1. The average molecular weight is 318 g/mol. The number of hydrogen-bond acceptors (Lipinski definition) is 5. The van der Waals surface area contributed by atoms with Crippen molar-refractivity contribution in [1.82, 2.24) is 9.78 Å². The number of thioether (sulfide) groups is 1. The maximum Gasteiger partial charge on any atom is 0.343 e. The summed E-state index contributed by atoms with van der Waals surface area (Å²) in [5, 5.41) is 4.36. The Labute approximate surface area is 133 Å². The molecule has 0 saturated carbocycles. The van der Waals surface area contributed by atoms with Gasteiger partial charge in [-0.1, -0.05) is 12.1 Å². The van der Waals surface area contributed by atoms with Gasteiger partial charge < -0.3 is 4.74 Å². The van der Waals surface area contributed by atoms with E-state index in [-0.39, 0.29) is 11.6 Å². The molecule has 1 aromatic carbocycles. The topological polar surface area (TPSA) is 61.2 Å². The molecule has 2 rings (SSSR count). The lowest BCUT2D eigenvalue weighted by Crippen LogP contribution is -2.30. The smallest absolute Gasteiger partial charge is 0.343 e. The summed E-state index contributed by atoms with van der Waals surface area (Å²) in [6, 6.07) is 9.13. The van der Waals surface area contributed by atoms with Crippen LogP contribution in [0.2, 0.25) is 0 Å². The number of ether oxygens (including phenoxy) is 1. The minimum Gasteiger partial charge on any atom is -0.465 e. The second kappa shape index (κ2) is 6.79. The van der Waals surface area contributed by atoms with E-state index in [1.807, 2.05) is 44.4 Å². The van der Waals surface area contributed by atoms with Gasteiger partial charge in [0.25, 0.3) is 5.56 Å². The third-order valence-corrected chi connectivity index (χ3v) is 3.96. The van der Waals surface area contributed by atoms with E-state index >= 15 is 0 Å². The first-order valence-electron chi connectivity index (χ1n) is 6.84. The first kappa shape index (κ1) is 16.3. The number of carbonyl (C=O) groups excluding carboxylic acids is 1. The van der Waals surface area contributed by atoms with E-state index in [2.05, 4.69) is 5.10 Å². The Kier molecular flexibility index (Phi) is 5.03. The maximum absolute atomic E-state index is 12.3. The maximum atomic E-state index is 12.3. The molecule has 0 spiro atoms. The van der Waals surface area contributed by atoms with E-state index < -0.39 is 11.5 Å². The van der Waals surface area contributed by atoms with Crippen LogP contribution in [-0.4, -0.2) is 29.1 Å². The highest BCUT2D eigenvalue weighted by atomic mass is 32.2. The number of nitrogens with zero attached hydrogens (tertiary/aromatic N) is 2. The molecule has 0 bridgehead atoms. The zero-order chi connectivity index (χ0) is 16.3. The van der Waals surface area contributed by atoms with Crippen LogP contribution in [0.4, 0.5) is 0 Å². The van der Waals surface area contributed by atoms with Gasteiger partial charge in [0.1, 0.15) is 5.56 Å². The normalized spacial score (nSPS) is 10.8. The fraction of sp³-hybridized carbons (Fsp3) is 0.312. The number of hydrogen-bond donors (Lipinski definition) is 0. The Morgan fingerprint density at radius 3 is 2.41 bits per heavy atom. The molecule has 0 atom stereocenters. The van der Waals surface area contributed by atoms with Crippen LogP contribution in [0.25, 0.3) is 11.3 Å². The van der Waals surface area contributed by atoms with E-state index in [9.17, 15) is 9.59 Å². The summed E-state index contributed by atoms with van der Waals surface area (Å²) >= 11 is 1.65. The zero-order valence-electron chi connectivity index (χ0n) is 13.0. The van der Waals surface area contributed by atoms with Gasteiger partial charge in [0.05, 0.1) is 18.8 Å². The van der Waals surface area contributed by atoms with Crippen molar-refractivity contribution in [2.24, 2.45) is 0 Å². The van der Waals surface area contributed by atoms with Crippen molar-refractivity contribution >= 4 is 17.7 Å². The second-order valence-electron chi connectivity index (χ2n) is 5.01. The largest absolute Gasteiger partial charge is 0.465 e. The summed E-state index contributed by atoms with van der Waals surface area (Å²) in [7, 11) is 1.26. The number of carbonyl (C=O) groups is 1. The molecule has 0 aliphatic carbocycles. The summed E-state index contributed by atoms with van der Waals surface area (Å²) in [6.45, 7) is 3.69. The highest BCUT2D eigenvalue weighted by molar-refractivity contribution is 7.98. The van der Waals surface area contributed by atoms with Crippen molar-refractivity contribution in [1.29, 1.82) is 0 Å². The van der Waals surface area contributed by atoms with Gasteiger partial charge in [0.2, 0.25) is 0 Å². The Bertz CT molecular complexity index is 736. The molecule has 1 heterocycles. The third-order valence-electron chi connectivity index (χ3n) is 3.22. The molecular formula is C16H18N2O3S. The molecule has 2 aromatic rings. The fourth-order valence-electron chi connectivity index (χ4n) is 2.02. The summed E-state index contributed by atoms with van der Waals surface area (Å²) in [4.78, 5) is 25.3. The van der Waals surface area contributed by atoms with Gasteiger partial charge >= 0.3 is 5.97 Å². The quantitative estimate of drug-likeness (QED) is 0.640. The van der Waals surface area contributed by atoms with Crippen LogP contribution in [0, 0.1) is 0 Å². The van der Waals surface area contributed by atoms with Gasteiger partial charge in [0, 0.05) is 10.5 Å². The molecule has 0 saturated heterocycles. The molecule has 5 nitrogen and oxygen atoms in total. The Morgan fingerprint density at radius 1 is 1.27 bits per heavy atom. The van der Waals surface area contributed by atoms with E-state index in [0.717, 1.165) is 10.5 Å². The molecule has 1 aromatic heterocycles. The molecule has 0 radical (unpaired) electrons. The highest BCUT2D eigenvalue weighted by Crippen LogP contribution is 2.22. The first-order chi connectivity index (χ1) is 10.5. The Balaban J connectivity index is 2.62. The van der Waals surface area contributed by atoms with Crippen molar-refractivity contribution in [2.75, 3.05) is 13.4 Å². The van der Waals surface area contributed by atoms with Crippen LogP contribution in [0.15, 0.2) is 40.0 Å². The van der Waals surface area contributed by atoms with E-state index in [4.69, 9.17) is 4.74 Å². The van der Waals surface area contributed by atoms with Crippen LogP contribution in [0.5, 0.6) is 0 Å². The molecule has 0 amide bonds. The minimum atomic E-state index is -0.649. The van der Waals surface area contributed by atoms with Gasteiger partial charge in [-0.05, 0) is 38.3 Å². The van der Waals surface area contributed by atoms with Gasteiger partial charge in [0.15, 0.2) is 0 Å². The third kappa shape index (κ3) is 3.22. The van der Waals surface area contributed by atoms with Crippen molar-refractivity contribution in [2.45, 2.75) is 24.8 Å². The Morgan fingerprint density at radius 2 is 1.91 bits per heavy atom.